The van der Waals surface area contributed by atoms with Crippen LogP contribution in [0.3, 0.4) is 0 Å². The van der Waals surface area contributed by atoms with Crippen molar-refractivity contribution in [2.75, 3.05) is 20.3 Å². The molecule has 0 bridgehead atoms. The van der Waals surface area contributed by atoms with Gasteiger partial charge in [-0.05, 0) is 24.1 Å². The van der Waals surface area contributed by atoms with E-state index in [4.69, 9.17) is 22.1 Å². The summed E-state index contributed by atoms with van der Waals surface area (Å²) in [5.41, 5.74) is 7.08. The number of ether oxygens (including phenoxy) is 1. The second kappa shape index (κ2) is 6.07. The van der Waals surface area contributed by atoms with Gasteiger partial charge in [-0.3, -0.25) is 4.99 Å². The number of methoxy groups -OCH3 is 1. The molecule has 1 aromatic carbocycles. The highest BCUT2D eigenvalue weighted by Gasteiger charge is 2.38. The Morgan fingerprint density at radius 2 is 2.22 bits per heavy atom. The van der Waals surface area contributed by atoms with E-state index >= 15 is 0 Å². The summed E-state index contributed by atoms with van der Waals surface area (Å²) < 4.78 is 4.91. The third-order valence-electron chi connectivity index (χ3n) is 3.00. The summed E-state index contributed by atoms with van der Waals surface area (Å²) in [6.45, 7) is 1.18. The number of aliphatic imine (C=N–C) groups is 1. The molecule has 2 rings (SSSR count). The Bertz CT molecular complexity index is 419. The lowest BCUT2D eigenvalue weighted by Crippen LogP contribution is -2.34. The fraction of sp³-hybridized carbons (Fsp3) is 0.462. The molecule has 1 saturated carbocycles. The second-order valence-corrected chi connectivity index (χ2v) is 4.84. The average molecular weight is 268 g/mol. The zero-order valence-electron chi connectivity index (χ0n) is 10.4. The number of nitrogens with two attached hydrogens (primary N) is 1. The highest BCUT2D eigenvalue weighted by Crippen LogP contribution is 2.40. The minimum absolute atomic E-state index is 0.387. The fourth-order valence-electron chi connectivity index (χ4n) is 1.93. The third kappa shape index (κ3) is 3.62. The largest absolute Gasteiger partial charge is 0.383 e. The van der Waals surface area contributed by atoms with Gasteiger partial charge in [-0.15, -0.1) is 0 Å². The van der Waals surface area contributed by atoms with Crippen LogP contribution in [0.5, 0.6) is 0 Å². The minimum Gasteiger partial charge on any atom is -0.383 e. The summed E-state index contributed by atoms with van der Waals surface area (Å²) in [6, 6.07) is 8.35. The van der Waals surface area contributed by atoms with E-state index in [1.54, 1.807) is 7.11 Å². The number of halogens is 1. The lowest BCUT2D eigenvalue weighted by Gasteiger charge is -2.05. The zero-order valence-corrected chi connectivity index (χ0v) is 11.2. The molecule has 1 aromatic rings. The molecule has 0 saturated heterocycles. The third-order valence-corrected chi connectivity index (χ3v) is 3.25. The molecular weight excluding hydrogens is 250 g/mol. The Hall–Kier alpha value is -1.26. The van der Waals surface area contributed by atoms with Crippen molar-refractivity contribution in [3.8, 4) is 0 Å². The molecule has 1 fully saturated rings. The molecule has 98 valence electrons. The van der Waals surface area contributed by atoms with Gasteiger partial charge in [0.05, 0.1) is 13.2 Å². The standard InChI is InChI=1S/C13H18ClN3O/c1-18-7-6-16-13(15)17-12-8-11(12)9-2-4-10(14)5-3-9/h2-5,11-12H,6-8H2,1H3,(H3,15,16,17)/t11-,12+/m0/s1. The van der Waals surface area contributed by atoms with Crippen molar-refractivity contribution in [2.45, 2.75) is 18.4 Å². The molecule has 0 aliphatic heterocycles. The van der Waals surface area contributed by atoms with Crippen molar-refractivity contribution in [2.24, 2.45) is 10.7 Å². The Morgan fingerprint density at radius 3 is 2.89 bits per heavy atom. The summed E-state index contributed by atoms with van der Waals surface area (Å²) >= 11 is 5.86. The number of hydrogen-bond donors (Lipinski definition) is 2. The molecule has 2 atom stereocenters. The van der Waals surface area contributed by atoms with Crippen LogP contribution in [0.1, 0.15) is 17.9 Å². The predicted octanol–water partition coefficient (Wildman–Crippen LogP) is 1.75. The molecular formula is C13H18ClN3O. The smallest absolute Gasteiger partial charge is 0.188 e. The summed E-state index contributed by atoms with van der Waals surface area (Å²) in [6.07, 6.45) is 1.09. The fourth-order valence-corrected chi connectivity index (χ4v) is 2.05. The van der Waals surface area contributed by atoms with Gasteiger partial charge in [-0.1, -0.05) is 23.7 Å². The number of benzene rings is 1. The van der Waals surface area contributed by atoms with Crippen LogP contribution in [0, 0.1) is 0 Å². The van der Waals surface area contributed by atoms with Crippen molar-refractivity contribution < 1.29 is 4.74 Å². The van der Waals surface area contributed by atoms with Gasteiger partial charge >= 0.3 is 0 Å². The molecule has 0 unspecified atom stereocenters. The summed E-state index contributed by atoms with van der Waals surface area (Å²) in [5, 5.41) is 3.98. The lowest BCUT2D eigenvalue weighted by atomic mass is 10.1. The van der Waals surface area contributed by atoms with E-state index in [2.05, 4.69) is 22.4 Å². The van der Waals surface area contributed by atoms with Crippen LogP contribution in [0.4, 0.5) is 0 Å². The van der Waals surface area contributed by atoms with Crippen LogP contribution >= 0.6 is 11.6 Å². The molecule has 4 nitrogen and oxygen atoms in total. The van der Waals surface area contributed by atoms with Gasteiger partial charge in [0, 0.05) is 24.1 Å². The number of hydrogen-bond acceptors (Lipinski definition) is 2. The highest BCUT2D eigenvalue weighted by atomic mass is 35.5. The quantitative estimate of drug-likeness (QED) is 0.485. The molecule has 3 N–H and O–H groups in total. The van der Waals surface area contributed by atoms with Gasteiger partial charge in [0.25, 0.3) is 0 Å². The normalized spacial score (nSPS) is 22.9. The number of nitrogens with zero attached hydrogens (tertiary/aromatic N) is 1. The van der Waals surface area contributed by atoms with Gasteiger partial charge in [-0.2, -0.15) is 0 Å². The van der Waals surface area contributed by atoms with Gasteiger partial charge in [0.1, 0.15) is 0 Å². The first kappa shape index (κ1) is 13.2. The SMILES string of the molecule is COCCN=C(N)N[C@@H]1C[C@H]1c1ccc(Cl)cc1. The van der Waals surface area contributed by atoms with E-state index in [9.17, 15) is 0 Å². The van der Waals surface area contributed by atoms with Gasteiger partial charge in [0.2, 0.25) is 0 Å². The van der Waals surface area contributed by atoms with E-state index in [1.165, 1.54) is 5.56 Å². The van der Waals surface area contributed by atoms with Crippen molar-refractivity contribution >= 4 is 17.6 Å². The number of rotatable bonds is 5. The summed E-state index contributed by atoms with van der Waals surface area (Å²) in [5.74, 6) is 1.01. The topological polar surface area (TPSA) is 59.6 Å². The molecule has 0 aromatic heterocycles. The Balaban J connectivity index is 1.81. The maximum atomic E-state index is 5.86. The molecule has 18 heavy (non-hydrogen) atoms. The monoisotopic (exact) mass is 267 g/mol. The number of guanidine groups is 1. The van der Waals surface area contributed by atoms with Gasteiger partial charge < -0.3 is 15.8 Å². The minimum atomic E-state index is 0.387. The Kier molecular flexibility index (Phi) is 4.44. The predicted molar refractivity (Wildman–Crippen MR) is 74.1 cm³/mol. The first-order valence-corrected chi connectivity index (χ1v) is 6.39. The molecule has 0 heterocycles. The molecule has 0 amide bonds. The highest BCUT2D eigenvalue weighted by molar-refractivity contribution is 6.30. The lowest BCUT2D eigenvalue weighted by molar-refractivity contribution is 0.208. The molecule has 5 heteroatoms. The van der Waals surface area contributed by atoms with Gasteiger partial charge in [-0.25, -0.2) is 0 Å². The molecule has 0 radical (unpaired) electrons. The van der Waals surface area contributed by atoms with Crippen molar-refractivity contribution in [3.05, 3.63) is 34.9 Å². The van der Waals surface area contributed by atoms with E-state index in [0.29, 0.717) is 31.1 Å². The summed E-state index contributed by atoms with van der Waals surface area (Å²) in [4.78, 5) is 4.17. The van der Waals surface area contributed by atoms with Crippen molar-refractivity contribution in [1.29, 1.82) is 0 Å². The zero-order chi connectivity index (χ0) is 13.0. The van der Waals surface area contributed by atoms with E-state index in [0.717, 1.165) is 11.4 Å². The first-order chi connectivity index (χ1) is 8.70. The van der Waals surface area contributed by atoms with E-state index in [-0.39, 0.29) is 0 Å². The molecule has 1 aliphatic carbocycles. The van der Waals surface area contributed by atoms with Crippen molar-refractivity contribution in [1.82, 2.24) is 5.32 Å². The molecule has 1 aliphatic rings. The number of nitrogens with one attached hydrogen (secondary N) is 1. The van der Waals surface area contributed by atoms with E-state index < -0.39 is 0 Å². The summed E-state index contributed by atoms with van der Waals surface area (Å²) in [7, 11) is 1.65. The second-order valence-electron chi connectivity index (χ2n) is 4.40. The average Bonchev–Trinajstić information content (AvgIpc) is 3.09. The first-order valence-electron chi connectivity index (χ1n) is 6.01. The van der Waals surface area contributed by atoms with E-state index in [1.807, 2.05) is 12.1 Å². The maximum absolute atomic E-state index is 5.86. The molecule has 0 spiro atoms. The van der Waals surface area contributed by atoms with Crippen LogP contribution in [-0.4, -0.2) is 32.3 Å². The van der Waals surface area contributed by atoms with Gasteiger partial charge in [0.15, 0.2) is 5.96 Å². The van der Waals surface area contributed by atoms with Crippen molar-refractivity contribution in [3.63, 3.8) is 0 Å². The Morgan fingerprint density at radius 1 is 1.50 bits per heavy atom. The van der Waals surface area contributed by atoms with Crippen LogP contribution in [0.25, 0.3) is 0 Å². The van der Waals surface area contributed by atoms with Crippen LogP contribution in [0.15, 0.2) is 29.3 Å². The maximum Gasteiger partial charge on any atom is 0.188 e. The van der Waals surface area contributed by atoms with Crippen LogP contribution < -0.4 is 11.1 Å². The Labute approximate surface area is 112 Å². The van der Waals surface area contributed by atoms with Crippen LogP contribution in [0.2, 0.25) is 5.02 Å². The van der Waals surface area contributed by atoms with Crippen LogP contribution in [-0.2, 0) is 4.74 Å².